The summed E-state index contributed by atoms with van der Waals surface area (Å²) in [5.74, 6) is -1.91. The van der Waals surface area contributed by atoms with E-state index in [9.17, 15) is 13.6 Å². The van der Waals surface area contributed by atoms with Gasteiger partial charge in [0, 0.05) is 7.11 Å². The van der Waals surface area contributed by atoms with E-state index in [2.05, 4.69) is 5.32 Å². The van der Waals surface area contributed by atoms with Crippen molar-refractivity contribution in [2.24, 2.45) is 0 Å². The van der Waals surface area contributed by atoms with Crippen LogP contribution in [0.3, 0.4) is 0 Å². The van der Waals surface area contributed by atoms with E-state index in [4.69, 9.17) is 4.74 Å². The molecule has 21 heavy (non-hydrogen) atoms. The van der Waals surface area contributed by atoms with Gasteiger partial charge in [-0.25, -0.2) is 8.78 Å². The van der Waals surface area contributed by atoms with Gasteiger partial charge in [0.05, 0.1) is 18.2 Å². The van der Waals surface area contributed by atoms with Crippen molar-refractivity contribution in [1.29, 1.82) is 0 Å². The van der Waals surface area contributed by atoms with Crippen LogP contribution in [0.4, 0.5) is 8.78 Å². The normalized spacial score (nSPS) is 23.0. The second kappa shape index (κ2) is 5.69. The lowest BCUT2D eigenvalue weighted by Crippen LogP contribution is -2.43. The van der Waals surface area contributed by atoms with Crippen LogP contribution >= 0.6 is 0 Å². The maximum atomic E-state index is 13.4. The van der Waals surface area contributed by atoms with Crippen molar-refractivity contribution in [3.05, 3.63) is 35.4 Å². The zero-order chi connectivity index (χ0) is 15.8. The number of hydrogen-bond donors (Lipinski definition) is 1. The zero-order valence-corrected chi connectivity index (χ0v) is 12.6. The van der Waals surface area contributed by atoms with E-state index >= 15 is 0 Å². The van der Waals surface area contributed by atoms with Gasteiger partial charge in [0.15, 0.2) is 11.6 Å². The molecule has 4 nitrogen and oxygen atoms in total. The number of halogens is 2. The first-order valence-electron chi connectivity index (χ1n) is 6.82. The summed E-state index contributed by atoms with van der Waals surface area (Å²) in [6.07, 6.45) is -0.489. The molecular formula is C15H20F2N2O2. The molecule has 0 bridgehead atoms. The van der Waals surface area contributed by atoms with Gasteiger partial charge in [-0.1, -0.05) is 6.07 Å². The molecular weight excluding hydrogens is 278 g/mol. The molecule has 1 aromatic carbocycles. The summed E-state index contributed by atoms with van der Waals surface area (Å²) < 4.78 is 31.8. The number of nitrogens with zero attached hydrogens (tertiary/aromatic N) is 1. The van der Waals surface area contributed by atoms with Crippen molar-refractivity contribution >= 4 is 5.91 Å². The molecule has 1 N–H and O–H groups in total. The van der Waals surface area contributed by atoms with E-state index in [1.54, 1.807) is 18.9 Å². The van der Waals surface area contributed by atoms with Crippen molar-refractivity contribution in [2.75, 3.05) is 13.7 Å². The molecule has 0 saturated carbocycles. The van der Waals surface area contributed by atoms with Crippen LogP contribution < -0.4 is 5.32 Å². The van der Waals surface area contributed by atoms with Crippen LogP contribution in [-0.2, 0) is 9.53 Å². The average molecular weight is 298 g/mol. The number of carbonyl (C=O) groups is 1. The predicted molar refractivity (Wildman–Crippen MR) is 74.5 cm³/mol. The molecule has 6 heteroatoms. The zero-order valence-electron chi connectivity index (χ0n) is 12.6. The summed E-state index contributed by atoms with van der Waals surface area (Å²) in [5.41, 5.74) is -0.0170. The molecule has 1 aromatic rings. The first kappa shape index (κ1) is 15.9. The van der Waals surface area contributed by atoms with Crippen molar-refractivity contribution in [2.45, 2.75) is 38.6 Å². The van der Waals surface area contributed by atoms with E-state index in [0.717, 1.165) is 12.1 Å². The fourth-order valence-corrected chi connectivity index (χ4v) is 2.38. The Bertz CT molecular complexity index is 548. The Kier molecular flexibility index (Phi) is 4.30. The lowest BCUT2D eigenvalue weighted by atomic mass is 10.1. The SMILES string of the molecule is COC(C)(C)CN1C(=O)C(C)NC1c1ccc(F)c(F)c1. The van der Waals surface area contributed by atoms with Crippen LogP contribution in [0.25, 0.3) is 0 Å². The number of methoxy groups -OCH3 is 1. The fraction of sp³-hybridized carbons (Fsp3) is 0.533. The number of hydrogen-bond acceptors (Lipinski definition) is 3. The molecule has 0 aliphatic carbocycles. The highest BCUT2D eigenvalue weighted by molar-refractivity contribution is 5.84. The molecule has 2 atom stereocenters. The van der Waals surface area contributed by atoms with Gasteiger partial charge in [0.25, 0.3) is 0 Å². The number of rotatable bonds is 4. The predicted octanol–water partition coefficient (Wildman–Crippen LogP) is 2.21. The van der Waals surface area contributed by atoms with Gasteiger partial charge in [0.1, 0.15) is 6.17 Å². The minimum Gasteiger partial charge on any atom is -0.377 e. The summed E-state index contributed by atoms with van der Waals surface area (Å²) in [5, 5.41) is 3.10. The van der Waals surface area contributed by atoms with Gasteiger partial charge >= 0.3 is 0 Å². The first-order chi connectivity index (χ1) is 9.75. The molecule has 1 aliphatic rings. The Morgan fingerprint density at radius 1 is 1.33 bits per heavy atom. The molecule has 0 radical (unpaired) electrons. The second-order valence-corrected chi connectivity index (χ2v) is 5.89. The van der Waals surface area contributed by atoms with Crippen molar-refractivity contribution in [1.82, 2.24) is 10.2 Å². The summed E-state index contributed by atoms with van der Waals surface area (Å²) in [6.45, 7) is 5.83. The highest BCUT2D eigenvalue weighted by atomic mass is 19.2. The van der Waals surface area contributed by atoms with Crippen molar-refractivity contribution < 1.29 is 18.3 Å². The van der Waals surface area contributed by atoms with Crippen LogP contribution in [0.15, 0.2) is 18.2 Å². The topological polar surface area (TPSA) is 41.6 Å². The summed E-state index contributed by atoms with van der Waals surface area (Å²) >= 11 is 0. The lowest BCUT2D eigenvalue weighted by Gasteiger charge is -2.32. The van der Waals surface area contributed by atoms with Crippen molar-refractivity contribution in [3.8, 4) is 0 Å². The minimum atomic E-state index is -0.924. The monoisotopic (exact) mass is 298 g/mol. The van der Waals surface area contributed by atoms with E-state index in [1.165, 1.54) is 6.07 Å². The van der Waals surface area contributed by atoms with Gasteiger partial charge in [-0.3, -0.25) is 10.1 Å². The third-order valence-corrected chi connectivity index (χ3v) is 3.74. The maximum absolute atomic E-state index is 13.4. The highest BCUT2D eigenvalue weighted by Gasteiger charge is 2.40. The summed E-state index contributed by atoms with van der Waals surface area (Å²) in [7, 11) is 1.57. The number of amides is 1. The van der Waals surface area contributed by atoms with Crippen LogP contribution in [0.1, 0.15) is 32.5 Å². The molecule has 1 fully saturated rings. The molecule has 1 heterocycles. The van der Waals surface area contributed by atoms with E-state index in [0.29, 0.717) is 12.1 Å². The minimum absolute atomic E-state index is 0.0881. The quantitative estimate of drug-likeness (QED) is 0.926. The largest absolute Gasteiger partial charge is 0.377 e. The number of ether oxygens (including phenoxy) is 1. The standard InChI is InChI=1S/C15H20F2N2O2/c1-9-14(20)19(8-15(2,3)21-4)13(18-9)10-5-6-11(16)12(17)7-10/h5-7,9,13,18H,8H2,1-4H3. The van der Waals surface area contributed by atoms with Crippen molar-refractivity contribution in [3.63, 3.8) is 0 Å². The average Bonchev–Trinajstić information content (AvgIpc) is 2.70. The molecule has 0 spiro atoms. The van der Waals surface area contributed by atoms with Crippen LogP contribution in [-0.4, -0.2) is 36.1 Å². The Hall–Kier alpha value is -1.53. The van der Waals surface area contributed by atoms with Gasteiger partial charge < -0.3 is 9.64 Å². The van der Waals surface area contributed by atoms with Gasteiger partial charge in [-0.05, 0) is 38.5 Å². The Labute approximate surface area is 123 Å². The molecule has 1 saturated heterocycles. The Morgan fingerprint density at radius 2 is 2.00 bits per heavy atom. The first-order valence-corrected chi connectivity index (χ1v) is 6.82. The Morgan fingerprint density at radius 3 is 2.57 bits per heavy atom. The van der Waals surface area contributed by atoms with Gasteiger partial charge in [-0.2, -0.15) is 0 Å². The van der Waals surface area contributed by atoms with Gasteiger partial charge in [0.2, 0.25) is 5.91 Å². The van der Waals surface area contributed by atoms with Crippen LogP contribution in [0.2, 0.25) is 0 Å². The summed E-state index contributed by atoms with van der Waals surface area (Å²) in [6, 6.07) is 3.29. The maximum Gasteiger partial charge on any atom is 0.241 e. The number of carbonyl (C=O) groups excluding carboxylic acids is 1. The van der Waals surface area contributed by atoms with Gasteiger partial charge in [-0.15, -0.1) is 0 Å². The highest BCUT2D eigenvalue weighted by Crippen LogP contribution is 2.28. The molecule has 2 unspecified atom stereocenters. The molecule has 1 amide bonds. The number of nitrogens with one attached hydrogen (secondary N) is 1. The lowest BCUT2D eigenvalue weighted by molar-refractivity contribution is -0.133. The molecule has 1 aliphatic heterocycles. The van der Waals surface area contributed by atoms with E-state index in [-0.39, 0.29) is 11.9 Å². The van der Waals surface area contributed by atoms with E-state index < -0.39 is 23.4 Å². The van der Waals surface area contributed by atoms with Crippen LogP contribution in [0, 0.1) is 11.6 Å². The second-order valence-electron chi connectivity index (χ2n) is 5.89. The third-order valence-electron chi connectivity index (χ3n) is 3.74. The summed E-state index contributed by atoms with van der Waals surface area (Å²) in [4.78, 5) is 13.9. The molecule has 2 rings (SSSR count). The smallest absolute Gasteiger partial charge is 0.241 e. The fourth-order valence-electron chi connectivity index (χ4n) is 2.38. The molecule has 0 aromatic heterocycles. The third kappa shape index (κ3) is 3.22. The van der Waals surface area contributed by atoms with Crippen LogP contribution in [0.5, 0.6) is 0 Å². The van der Waals surface area contributed by atoms with E-state index in [1.807, 2.05) is 13.8 Å². The molecule has 116 valence electrons. The number of benzene rings is 1. The Balaban J connectivity index is 2.31.